The van der Waals surface area contributed by atoms with Gasteiger partial charge in [-0.15, -0.1) is 5.10 Å². The van der Waals surface area contributed by atoms with Crippen molar-refractivity contribution in [2.75, 3.05) is 31.1 Å². The van der Waals surface area contributed by atoms with Crippen LogP contribution in [0.15, 0.2) is 48.5 Å². The first-order valence-corrected chi connectivity index (χ1v) is 7.53. The molecule has 1 N–H and O–H groups in total. The molecule has 1 aliphatic heterocycles. The Bertz CT molecular complexity index is 805. The number of piperazine rings is 1. The van der Waals surface area contributed by atoms with E-state index in [4.69, 9.17) is 5.10 Å². The van der Waals surface area contributed by atoms with E-state index in [2.05, 4.69) is 16.3 Å². The van der Waals surface area contributed by atoms with Gasteiger partial charge < -0.3 is 10.2 Å². The molecule has 0 unspecified atom stereocenters. The van der Waals surface area contributed by atoms with E-state index in [-0.39, 0.29) is 5.82 Å². The lowest BCUT2D eigenvalue weighted by molar-refractivity contribution is 0.582. The van der Waals surface area contributed by atoms with Crippen LogP contribution in [0.1, 0.15) is 0 Å². The summed E-state index contributed by atoms with van der Waals surface area (Å²) < 4.78 is 15.9. The molecule has 0 radical (unpaired) electrons. The number of hydrogen-bond acceptors (Lipinski definition) is 3. The number of nitrogens with zero attached hydrogens (tertiary/aromatic N) is 3. The largest absolute Gasteiger partial charge is 0.352 e. The van der Waals surface area contributed by atoms with E-state index < -0.39 is 0 Å². The summed E-state index contributed by atoms with van der Waals surface area (Å²) in [6, 6.07) is 14.8. The van der Waals surface area contributed by atoms with E-state index in [1.54, 1.807) is 16.8 Å². The predicted molar refractivity (Wildman–Crippen MR) is 86.1 cm³/mol. The van der Waals surface area contributed by atoms with Crippen LogP contribution >= 0.6 is 0 Å². The molecule has 1 fully saturated rings. The fourth-order valence-corrected chi connectivity index (χ4v) is 2.97. The van der Waals surface area contributed by atoms with Crippen molar-refractivity contribution in [3.05, 3.63) is 54.3 Å². The molecule has 0 saturated carbocycles. The van der Waals surface area contributed by atoms with Gasteiger partial charge in [0.05, 0.1) is 5.52 Å². The zero-order valence-electron chi connectivity index (χ0n) is 12.2. The fourth-order valence-electron chi connectivity index (χ4n) is 2.97. The summed E-state index contributed by atoms with van der Waals surface area (Å²) in [5.74, 6) is 0.669. The van der Waals surface area contributed by atoms with Crippen LogP contribution in [0.5, 0.6) is 0 Å². The SMILES string of the molecule is Fc1ccccc1-n1nc(N2CCNCC2)c2ccccc21. The van der Waals surface area contributed by atoms with E-state index in [9.17, 15) is 4.39 Å². The van der Waals surface area contributed by atoms with Crippen LogP contribution in [0.3, 0.4) is 0 Å². The monoisotopic (exact) mass is 296 g/mol. The molecule has 1 aliphatic rings. The molecule has 112 valence electrons. The topological polar surface area (TPSA) is 33.1 Å². The van der Waals surface area contributed by atoms with E-state index >= 15 is 0 Å². The Morgan fingerprint density at radius 2 is 1.68 bits per heavy atom. The van der Waals surface area contributed by atoms with Crippen molar-refractivity contribution in [3.63, 3.8) is 0 Å². The number of anilines is 1. The van der Waals surface area contributed by atoms with Gasteiger partial charge in [-0.1, -0.05) is 24.3 Å². The summed E-state index contributed by atoms with van der Waals surface area (Å²) in [5.41, 5.74) is 1.42. The van der Waals surface area contributed by atoms with Crippen molar-refractivity contribution in [1.29, 1.82) is 0 Å². The third-order valence-corrected chi connectivity index (χ3v) is 4.07. The second-order valence-electron chi connectivity index (χ2n) is 5.44. The van der Waals surface area contributed by atoms with Gasteiger partial charge in [-0.2, -0.15) is 0 Å². The average molecular weight is 296 g/mol. The van der Waals surface area contributed by atoms with Gasteiger partial charge in [-0.25, -0.2) is 9.07 Å². The molecular weight excluding hydrogens is 279 g/mol. The Hall–Kier alpha value is -2.40. The molecule has 5 heteroatoms. The Morgan fingerprint density at radius 1 is 0.955 bits per heavy atom. The van der Waals surface area contributed by atoms with Gasteiger partial charge >= 0.3 is 0 Å². The molecule has 0 aliphatic carbocycles. The van der Waals surface area contributed by atoms with Crippen molar-refractivity contribution in [2.45, 2.75) is 0 Å². The van der Waals surface area contributed by atoms with Crippen molar-refractivity contribution >= 4 is 16.7 Å². The highest BCUT2D eigenvalue weighted by atomic mass is 19.1. The van der Waals surface area contributed by atoms with Crippen molar-refractivity contribution < 1.29 is 4.39 Å². The summed E-state index contributed by atoms with van der Waals surface area (Å²) in [6.07, 6.45) is 0. The zero-order chi connectivity index (χ0) is 14.9. The number of rotatable bonds is 2. The minimum Gasteiger partial charge on any atom is -0.352 e. The van der Waals surface area contributed by atoms with E-state index in [1.807, 2.05) is 24.3 Å². The minimum absolute atomic E-state index is 0.261. The minimum atomic E-state index is -0.261. The third-order valence-electron chi connectivity index (χ3n) is 4.07. The van der Waals surface area contributed by atoms with Crippen LogP contribution in [-0.2, 0) is 0 Å². The first kappa shape index (κ1) is 13.3. The fraction of sp³-hybridized carbons (Fsp3) is 0.235. The average Bonchev–Trinajstić information content (AvgIpc) is 2.96. The van der Waals surface area contributed by atoms with E-state index in [0.29, 0.717) is 5.69 Å². The van der Waals surface area contributed by atoms with Gasteiger partial charge in [0.15, 0.2) is 5.82 Å². The lowest BCUT2D eigenvalue weighted by Crippen LogP contribution is -2.43. The van der Waals surface area contributed by atoms with Crippen LogP contribution in [0.2, 0.25) is 0 Å². The first-order valence-electron chi connectivity index (χ1n) is 7.53. The lowest BCUT2D eigenvalue weighted by Gasteiger charge is -2.27. The van der Waals surface area contributed by atoms with Gasteiger partial charge in [0.1, 0.15) is 11.5 Å². The Balaban J connectivity index is 1.91. The van der Waals surface area contributed by atoms with E-state index in [0.717, 1.165) is 42.9 Å². The Labute approximate surface area is 128 Å². The highest BCUT2D eigenvalue weighted by Crippen LogP contribution is 2.29. The van der Waals surface area contributed by atoms with Gasteiger partial charge in [0, 0.05) is 31.6 Å². The highest BCUT2D eigenvalue weighted by molar-refractivity contribution is 5.91. The molecule has 2 heterocycles. The molecule has 22 heavy (non-hydrogen) atoms. The van der Waals surface area contributed by atoms with Crippen LogP contribution in [0.4, 0.5) is 10.2 Å². The molecule has 1 saturated heterocycles. The molecular formula is C17H17FN4. The Morgan fingerprint density at radius 3 is 2.50 bits per heavy atom. The maximum Gasteiger partial charge on any atom is 0.159 e. The predicted octanol–water partition coefficient (Wildman–Crippen LogP) is 2.57. The summed E-state index contributed by atoms with van der Waals surface area (Å²) in [5, 5.41) is 9.13. The van der Waals surface area contributed by atoms with Gasteiger partial charge in [0.2, 0.25) is 0 Å². The maximum absolute atomic E-state index is 14.2. The molecule has 2 aromatic carbocycles. The molecule has 0 spiro atoms. The van der Waals surface area contributed by atoms with E-state index in [1.165, 1.54) is 6.07 Å². The summed E-state index contributed by atoms with van der Waals surface area (Å²) in [7, 11) is 0. The number of para-hydroxylation sites is 2. The third kappa shape index (κ3) is 2.14. The molecule has 0 atom stereocenters. The number of hydrogen-bond donors (Lipinski definition) is 1. The lowest BCUT2D eigenvalue weighted by atomic mass is 10.2. The smallest absolute Gasteiger partial charge is 0.159 e. The van der Waals surface area contributed by atoms with Gasteiger partial charge in [-0.05, 0) is 24.3 Å². The van der Waals surface area contributed by atoms with Gasteiger partial charge in [-0.3, -0.25) is 0 Å². The second kappa shape index (κ2) is 5.42. The highest BCUT2D eigenvalue weighted by Gasteiger charge is 2.19. The number of fused-ring (bicyclic) bond motifs is 1. The number of nitrogens with one attached hydrogen (secondary N) is 1. The molecule has 4 nitrogen and oxygen atoms in total. The van der Waals surface area contributed by atoms with Crippen LogP contribution in [-0.4, -0.2) is 36.0 Å². The summed E-state index contributed by atoms with van der Waals surface area (Å²) in [6.45, 7) is 3.72. The molecule has 3 aromatic rings. The molecule has 4 rings (SSSR count). The van der Waals surface area contributed by atoms with Crippen molar-refractivity contribution in [1.82, 2.24) is 15.1 Å². The van der Waals surface area contributed by atoms with Gasteiger partial charge in [0.25, 0.3) is 0 Å². The van der Waals surface area contributed by atoms with Crippen molar-refractivity contribution in [2.24, 2.45) is 0 Å². The number of halogens is 1. The van der Waals surface area contributed by atoms with Crippen molar-refractivity contribution in [3.8, 4) is 5.69 Å². The summed E-state index contributed by atoms with van der Waals surface area (Å²) in [4.78, 5) is 2.26. The Kier molecular flexibility index (Phi) is 3.27. The normalized spacial score (nSPS) is 15.4. The zero-order valence-corrected chi connectivity index (χ0v) is 12.2. The second-order valence-corrected chi connectivity index (χ2v) is 5.44. The molecule has 0 amide bonds. The molecule has 1 aromatic heterocycles. The maximum atomic E-state index is 14.2. The van der Waals surface area contributed by atoms with Crippen LogP contribution in [0.25, 0.3) is 16.6 Å². The quantitative estimate of drug-likeness (QED) is 0.789. The number of aromatic nitrogens is 2. The summed E-state index contributed by atoms with van der Waals surface area (Å²) >= 11 is 0. The first-order chi connectivity index (χ1) is 10.8. The molecule has 0 bridgehead atoms. The van der Waals surface area contributed by atoms with Crippen LogP contribution < -0.4 is 10.2 Å². The number of benzene rings is 2. The standard InChI is InChI=1S/C17H17FN4/c18-14-6-2-4-8-16(14)22-15-7-3-1-5-13(15)17(20-22)21-11-9-19-10-12-21/h1-8,19H,9-12H2. The van der Waals surface area contributed by atoms with Crippen LogP contribution in [0, 0.1) is 5.82 Å².